The molecule has 1 aromatic rings. The zero-order chi connectivity index (χ0) is 24.7. The Morgan fingerprint density at radius 3 is 2.56 bits per heavy atom. The van der Waals surface area contributed by atoms with Gasteiger partial charge in [-0.1, -0.05) is 46.8 Å². The van der Waals surface area contributed by atoms with Crippen molar-refractivity contribution in [1.82, 2.24) is 0 Å². The fourth-order valence-corrected chi connectivity index (χ4v) is 8.30. The van der Waals surface area contributed by atoms with Gasteiger partial charge in [0.1, 0.15) is 12.2 Å². The normalized spacial score (nSPS) is 44.7. The van der Waals surface area contributed by atoms with Gasteiger partial charge in [-0.25, -0.2) is 4.79 Å². The molecule has 8 atom stereocenters. The third-order valence-corrected chi connectivity index (χ3v) is 10.0. The highest BCUT2D eigenvalue weighted by Crippen LogP contribution is 2.72. The number of hydrogen-bond donors (Lipinski definition) is 1. The number of rotatable bonds is 2. The number of aliphatic hydroxyl groups is 1. The van der Waals surface area contributed by atoms with Crippen LogP contribution >= 0.6 is 0 Å². The number of esters is 2. The van der Waals surface area contributed by atoms with Crippen molar-refractivity contribution in [2.45, 2.75) is 79.1 Å². The molecule has 184 valence electrons. The summed E-state index contributed by atoms with van der Waals surface area (Å²) in [5.74, 6) is -0.450. The minimum atomic E-state index is -0.561. The summed E-state index contributed by atoms with van der Waals surface area (Å²) in [6.45, 7) is 12.3. The number of allylic oxidation sites excluding steroid dienone is 1. The lowest BCUT2D eigenvalue weighted by Gasteiger charge is -2.68. The maximum absolute atomic E-state index is 12.9. The van der Waals surface area contributed by atoms with Gasteiger partial charge >= 0.3 is 11.9 Å². The number of furan rings is 1. The van der Waals surface area contributed by atoms with Crippen LogP contribution in [0, 0.1) is 33.5 Å². The minimum absolute atomic E-state index is 0.118. The molecule has 1 N–H and O–H groups in total. The Morgan fingerprint density at radius 2 is 1.91 bits per heavy atom. The zero-order valence-electron chi connectivity index (χ0n) is 21.0. The van der Waals surface area contributed by atoms with Crippen LogP contribution < -0.4 is 0 Å². The van der Waals surface area contributed by atoms with Crippen molar-refractivity contribution >= 4 is 11.9 Å². The van der Waals surface area contributed by atoms with Crippen molar-refractivity contribution < 1.29 is 28.6 Å². The zero-order valence-corrected chi connectivity index (χ0v) is 21.0. The molecular weight excluding hydrogens is 432 g/mol. The molecule has 2 heterocycles. The Balaban J connectivity index is 1.69. The van der Waals surface area contributed by atoms with Crippen LogP contribution in [0.15, 0.2) is 46.8 Å². The van der Waals surface area contributed by atoms with Gasteiger partial charge < -0.3 is 19.0 Å². The summed E-state index contributed by atoms with van der Waals surface area (Å²) in [6.07, 6.45) is 9.95. The van der Waals surface area contributed by atoms with Crippen LogP contribution in [0.3, 0.4) is 0 Å². The predicted molar refractivity (Wildman–Crippen MR) is 125 cm³/mol. The van der Waals surface area contributed by atoms with E-state index in [1.165, 1.54) is 6.92 Å². The monoisotopic (exact) mass is 468 g/mol. The SMILES string of the molecule is CC(=O)O[C@H]1CC2C(C)(C)[C@@H](O)C=C[C@]2(C)C2CC[C@]3(C)C(=CC(=O)O[C@H]3c3ccoc3)[C@@]21C. The number of fused-ring (bicyclic) bond motifs is 5. The molecule has 6 nitrogen and oxygen atoms in total. The van der Waals surface area contributed by atoms with E-state index in [1.54, 1.807) is 18.6 Å². The molecule has 34 heavy (non-hydrogen) atoms. The number of cyclic esters (lactones) is 1. The average molecular weight is 469 g/mol. The predicted octanol–water partition coefficient (Wildman–Crippen LogP) is 5.14. The van der Waals surface area contributed by atoms with Crippen LogP contribution in [0.1, 0.15) is 72.5 Å². The summed E-state index contributed by atoms with van der Waals surface area (Å²) >= 11 is 0. The molecule has 5 rings (SSSR count). The molecule has 2 fully saturated rings. The van der Waals surface area contributed by atoms with Crippen LogP contribution in [-0.2, 0) is 19.1 Å². The number of carbonyl (C=O) groups is 2. The third-order valence-electron chi connectivity index (χ3n) is 10.0. The maximum atomic E-state index is 12.9. The van der Waals surface area contributed by atoms with Crippen LogP contribution in [0.4, 0.5) is 0 Å². The second-order valence-electron chi connectivity index (χ2n) is 12.1. The molecule has 2 saturated carbocycles. The second-order valence-corrected chi connectivity index (χ2v) is 12.1. The highest BCUT2D eigenvalue weighted by atomic mass is 16.6. The van der Waals surface area contributed by atoms with E-state index in [0.717, 1.165) is 24.0 Å². The standard InChI is InChI=1S/C28H36O6/c1-16(29)33-22-13-19-25(2,3)21(30)8-11-26(19,4)18-7-10-27(5)20(28(18,22)6)14-23(31)34-24(27)17-9-12-32-15-17/h8-9,11-12,14-15,18-19,21-22,24,30H,7,10,13H2,1-6H3/t18?,19?,21-,22-,24-,26+,27+,28+/m0/s1. The van der Waals surface area contributed by atoms with Gasteiger partial charge in [0.15, 0.2) is 0 Å². The van der Waals surface area contributed by atoms with Gasteiger partial charge in [0.2, 0.25) is 0 Å². The first-order valence-corrected chi connectivity index (χ1v) is 12.3. The first kappa shape index (κ1) is 23.4. The molecular formula is C28H36O6. The molecule has 6 heteroatoms. The van der Waals surface area contributed by atoms with E-state index in [1.807, 2.05) is 12.1 Å². The average Bonchev–Trinajstić information content (AvgIpc) is 3.28. The Bertz CT molecular complexity index is 1070. The molecule has 3 aliphatic carbocycles. The fourth-order valence-electron chi connectivity index (χ4n) is 8.30. The van der Waals surface area contributed by atoms with Gasteiger partial charge in [-0.05, 0) is 53.6 Å². The van der Waals surface area contributed by atoms with E-state index in [2.05, 4.69) is 40.7 Å². The Kier molecular flexibility index (Phi) is 5.05. The van der Waals surface area contributed by atoms with Crippen LogP contribution in [0.5, 0.6) is 0 Å². The van der Waals surface area contributed by atoms with E-state index in [-0.39, 0.29) is 34.6 Å². The van der Waals surface area contributed by atoms with Crippen LogP contribution in [-0.4, -0.2) is 29.3 Å². The van der Waals surface area contributed by atoms with E-state index in [4.69, 9.17) is 13.9 Å². The highest BCUT2D eigenvalue weighted by Gasteiger charge is 2.68. The van der Waals surface area contributed by atoms with Gasteiger partial charge in [0, 0.05) is 29.4 Å². The summed E-state index contributed by atoms with van der Waals surface area (Å²) in [6, 6.07) is 1.86. The molecule has 0 amide bonds. The summed E-state index contributed by atoms with van der Waals surface area (Å²) < 4.78 is 17.3. The lowest BCUT2D eigenvalue weighted by Crippen LogP contribution is -2.65. The van der Waals surface area contributed by atoms with E-state index >= 15 is 0 Å². The minimum Gasteiger partial charge on any atom is -0.472 e. The molecule has 0 saturated heterocycles. The summed E-state index contributed by atoms with van der Waals surface area (Å²) in [5, 5.41) is 10.8. The lowest BCUT2D eigenvalue weighted by atomic mass is 9.38. The van der Waals surface area contributed by atoms with Gasteiger partial charge in [0.25, 0.3) is 0 Å². The van der Waals surface area contributed by atoms with Gasteiger partial charge in [-0.3, -0.25) is 4.79 Å². The van der Waals surface area contributed by atoms with Crippen molar-refractivity contribution in [1.29, 1.82) is 0 Å². The largest absolute Gasteiger partial charge is 0.472 e. The Labute approximate surface area is 201 Å². The lowest BCUT2D eigenvalue weighted by molar-refractivity contribution is -0.201. The number of aliphatic hydroxyl groups excluding tert-OH is 1. The third kappa shape index (κ3) is 2.96. The quantitative estimate of drug-likeness (QED) is 0.478. The van der Waals surface area contributed by atoms with Crippen LogP contribution in [0.25, 0.3) is 0 Å². The van der Waals surface area contributed by atoms with E-state index < -0.39 is 29.1 Å². The molecule has 4 aliphatic rings. The molecule has 2 unspecified atom stereocenters. The highest BCUT2D eigenvalue weighted by molar-refractivity contribution is 5.85. The molecule has 1 aliphatic heterocycles. The first-order chi connectivity index (χ1) is 15.8. The summed E-state index contributed by atoms with van der Waals surface area (Å²) in [4.78, 5) is 25.3. The van der Waals surface area contributed by atoms with Gasteiger partial charge in [-0.2, -0.15) is 0 Å². The van der Waals surface area contributed by atoms with E-state index in [0.29, 0.717) is 6.42 Å². The molecule has 0 radical (unpaired) electrons. The summed E-state index contributed by atoms with van der Waals surface area (Å²) in [7, 11) is 0. The van der Waals surface area contributed by atoms with Gasteiger partial charge in [0.05, 0.1) is 18.6 Å². The van der Waals surface area contributed by atoms with Crippen molar-refractivity contribution in [3.8, 4) is 0 Å². The molecule has 0 aromatic carbocycles. The van der Waals surface area contributed by atoms with Crippen molar-refractivity contribution in [3.05, 3.63) is 48.0 Å². The Morgan fingerprint density at radius 1 is 1.18 bits per heavy atom. The molecule has 1 aromatic heterocycles. The topological polar surface area (TPSA) is 86.0 Å². The molecule has 0 spiro atoms. The van der Waals surface area contributed by atoms with Crippen molar-refractivity contribution in [3.63, 3.8) is 0 Å². The van der Waals surface area contributed by atoms with Crippen LogP contribution in [0.2, 0.25) is 0 Å². The number of hydrogen-bond acceptors (Lipinski definition) is 6. The van der Waals surface area contributed by atoms with Crippen molar-refractivity contribution in [2.24, 2.45) is 33.5 Å². The first-order valence-electron chi connectivity index (χ1n) is 12.3. The summed E-state index contributed by atoms with van der Waals surface area (Å²) in [5.41, 5.74) is 0.245. The van der Waals surface area contributed by atoms with Crippen molar-refractivity contribution in [2.75, 3.05) is 0 Å². The Hall–Kier alpha value is -2.34. The second kappa shape index (κ2) is 7.33. The number of ether oxygens (including phenoxy) is 2. The smallest absolute Gasteiger partial charge is 0.331 e. The van der Waals surface area contributed by atoms with E-state index in [9.17, 15) is 14.7 Å². The molecule has 0 bridgehead atoms. The van der Waals surface area contributed by atoms with Gasteiger partial charge in [-0.15, -0.1) is 0 Å². The number of carbonyl (C=O) groups excluding carboxylic acids is 2. The fraction of sp³-hybridized carbons (Fsp3) is 0.643. The maximum Gasteiger partial charge on any atom is 0.331 e.